The van der Waals surface area contributed by atoms with Crippen molar-refractivity contribution in [2.75, 3.05) is 13.1 Å². The van der Waals surface area contributed by atoms with E-state index < -0.39 is 0 Å². The van der Waals surface area contributed by atoms with Gasteiger partial charge in [0.2, 0.25) is 5.91 Å². The molecule has 0 aromatic carbocycles. The Morgan fingerprint density at radius 2 is 1.46 bits per heavy atom. The Morgan fingerprint density at radius 3 is 1.62 bits per heavy atom. The van der Waals surface area contributed by atoms with Crippen molar-refractivity contribution in [3.63, 3.8) is 0 Å². The third-order valence-corrected chi connectivity index (χ3v) is 1.55. The topological polar surface area (TPSA) is 20.3 Å². The average molecular weight is 187 g/mol. The molecular formula is C11H25NO. The number of rotatable bonds is 0. The van der Waals surface area contributed by atoms with Gasteiger partial charge < -0.3 is 4.90 Å². The number of amides is 1. The summed E-state index contributed by atoms with van der Waals surface area (Å²) in [7, 11) is 0. The standard InChI is InChI=1S/C6H11NO.C3H8.C2H6/c1-6(8)7-4-2-3-5-7;1-3-2;1-2/h2-5H2,1H3;3H2,1-2H3;1-2H3. The van der Waals surface area contributed by atoms with E-state index >= 15 is 0 Å². The van der Waals surface area contributed by atoms with Crippen LogP contribution < -0.4 is 0 Å². The molecule has 0 aromatic heterocycles. The Kier molecular flexibility index (Phi) is 13.2. The van der Waals surface area contributed by atoms with Gasteiger partial charge in [-0.2, -0.15) is 0 Å². The number of carbonyl (C=O) groups is 1. The Bertz CT molecular complexity index is 107. The highest BCUT2D eigenvalue weighted by atomic mass is 16.2. The lowest BCUT2D eigenvalue weighted by atomic mass is 10.4. The fraction of sp³-hybridized carbons (Fsp3) is 0.909. The number of likely N-dealkylation sites (tertiary alicyclic amines) is 1. The number of hydrogen-bond acceptors (Lipinski definition) is 1. The van der Waals surface area contributed by atoms with Crippen molar-refractivity contribution >= 4 is 5.91 Å². The van der Waals surface area contributed by atoms with Crippen molar-refractivity contribution in [1.82, 2.24) is 4.90 Å². The largest absolute Gasteiger partial charge is 0.343 e. The van der Waals surface area contributed by atoms with E-state index in [0.717, 1.165) is 13.1 Å². The van der Waals surface area contributed by atoms with Gasteiger partial charge in [-0.1, -0.05) is 34.1 Å². The van der Waals surface area contributed by atoms with E-state index in [4.69, 9.17) is 0 Å². The van der Waals surface area contributed by atoms with Crippen molar-refractivity contribution in [2.24, 2.45) is 0 Å². The molecule has 0 unspecified atom stereocenters. The van der Waals surface area contributed by atoms with Crippen LogP contribution in [-0.2, 0) is 4.79 Å². The Hall–Kier alpha value is -0.530. The molecule has 1 aliphatic heterocycles. The molecule has 0 aromatic rings. The van der Waals surface area contributed by atoms with E-state index in [-0.39, 0.29) is 5.91 Å². The van der Waals surface area contributed by atoms with Crippen LogP contribution in [0.2, 0.25) is 0 Å². The lowest BCUT2D eigenvalue weighted by Crippen LogP contribution is -2.24. The van der Waals surface area contributed by atoms with Crippen LogP contribution in [0.15, 0.2) is 0 Å². The molecule has 0 bridgehead atoms. The summed E-state index contributed by atoms with van der Waals surface area (Å²) in [5.74, 6) is 0.225. The molecule has 0 N–H and O–H groups in total. The highest BCUT2D eigenvalue weighted by Gasteiger charge is 2.12. The first-order chi connectivity index (χ1) is 6.22. The summed E-state index contributed by atoms with van der Waals surface area (Å²) in [4.78, 5) is 12.5. The lowest BCUT2D eigenvalue weighted by molar-refractivity contribution is -0.127. The lowest BCUT2D eigenvalue weighted by Gasteiger charge is -2.10. The maximum Gasteiger partial charge on any atom is 0.219 e. The molecule has 1 saturated heterocycles. The highest BCUT2D eigenvalue weighted by molar-refractivity contribution is 5.73. The van der Waals surface area contributed by atoms with Gasteiger partial charge in [-0.3, -0.25) is 4.79 Å². The predicted octanol–water partition coefficient (Wildman–Crippen LogP) is 3.07. The van der Waals surface area contributed by atoms with Gasteiger partial charge >= 0.3 is 0 Å². The Labute approximate surface area is 83.3 Å². The molecule has 2 heteroatoms. The molecule has 1 fully saturated rings. The zero-order valence-electron chi connectivity index (χ0n) is 9.89. The number of hydrogen-bond donors (Lipinski definition) is 0. The maximum atomic E-state index is 10.6. The van der Waals surface area contributed by atoms with Gasteiger partial charge in [-0.25, -0.2) is 0 Å². The second-order valence-electron chi connectivity index (χ2n) is 2.92. The van der Waals surface area contributed by atoms with Crippen molar-refractivity contribution in [3.8, 4) is 0 Å². The monoisotopic (exact) mass is 187 g/mol. The minimum Gasteiger partial charge on any atom is -0.343 e. The van der Waals surface area contributed by atoms with Crippen LogP contribution in [0, 0.1) is 0 Å². The fourth-order valence-electron chi connectivity index (χ4n) is 1.03. The van der Waals surface area contributed by atoms with Gasteiger partial charge in [-0.05, 0) is 12.8 Å². The van der Waals surface area contributed by atoms with Crippen molar-refractivity contribution in [2.45, 2.75) is 53.9 Å². The first-order valence-corrected chi connectivity index (χ1v) is 5.47. The smallest absolute Gasteiger partial charge is 0.219 e. The van der Waals surface area contributed by atoms with Gasteiger partial charge in [-0.15, -0.1) is 0 Å². The summed E-state index contributed by atoms with van der Waals surface area (Å²) in [6.45, 7) is 11.8. The summed E-state index contributed by atoms with van der Waals surface area (Å²) in [6.07, 6.45) is 3.64. The molecule has 0 radical (unpaired) electrons. The quantitative estimate of drug-likeness (QED) is 0.570. The minimum atomic E-state index is 0.225. The SMILES string of the molecule is CC.CC(=O)N1CCCC1.CCC. The van der Waals surface area contributed by atoms with Crippen molar-refractivity contribution in [3.05, 3.63) is 0 Å². The second kappa shape index (κ2) is 11.5. The zero-order valence-corrected chi connectivity index (χ0v) is 9.89. The summed E-state index contributed by atoms with van der Waals surface area (Å²) >= 11 is 0. The zero-order chi connectivity index (χ0) is 10.7. The first-order valence-electron chi connectivity index (χ1n) is 5.47. The number of nitrogens with zero attached hydrogens (tertiary/aromatic N) is 1. The van der Waals surface area contributed by atoms with Gasteiger partial charge in [0.15, 0.2) is 0 Å². The molecule has 1 rings (SSSR count). The summed E-state index contributed by atoms with van der Waals surface area (Å²) in [5, 5.41) is 0. The first kappa shape index (κ1) is 15.0. The van der Waals surface area contributed by atoms with Crippen LogP contribution in [0.5, 0.6) is 0 Å². The normalized spacial score (nSPS) is 13.8. The fourth-order valence-corrected chi connectivity index (χ4v) is 1.03. The highest BCUT2D eigenvalue weighted by Crippen LogP contribution is 2.05. The van der Waals surface area contributed by atoms with Crippen LogP contribution >= 0.6 is 0 Å². The molecular weight excluding hydrogens is 162 g/mol. The van der Waals surface area contributed by atoms with E-state index in [1.54, 1.807) is 6.92 Å². The molecule has 0 atom stereocenters. The average Bonchev–Trinajstić information content (AvgIpc) is 2.61. The van der Waals surface area contributed by atoms with Gasteiger partial charge in [0.25, 0.3) is 0 Å². The van der Waals surface area contributed by atoms with Gasteiger partial charge in [0.05, 0.1) is 0 Å². The van der Waals surface area contributed by atoms with Gasteiger partial charge in [0.1, 0.15) is 0 Å². The molecule has 0 saturated carbocycles. The molecule has 1 aliphatic rings. The van der Waals surface area contributed by atoms with E-state index in [1.165, 1.54) is 19.3 Å². The summed E-state index contributed by atoms with van der Waals surface area (Å²) in [5.41, 5.74) is 0. The third kappa shape index (κ3) is 9.38. The molecule has 80 valence electrons. The number of carbonyl (C=O) groups excluding carboxylic acids is 1. The summed E-state index contributed by atoms with van der Waals surface area (Å²) < 4.78 is 0. The molecule has 1 amide bonds. The van der Waals surface area contributed by atoms with Gasteiger partial charge in [0, 0.05) is 20.0 Å². The van der Waals surface area contributed by atoms with E-state index in [2.05, 4.69) is 13.8 Å². The Balaban J connectivity index is 0. The maximum absolute atomic E-state index is 10.6. The third-order valence-electron chi connectivity index (χ3n) is 1.55. The molecule has 2 nitrogen and oxygen atoms in total. The van der Waals surface area contributed by atoms with Crippen LogP contribution in [0.25, 0.3) is 0 Å². The van der Waals surface area contributed by atoms with Crippen LogP contribution in [-0.4, -0.2) is 23.9 Å². The molecule has 13 heavy (non-hydrogen) atoms. The van der Waals surface area contributed by atoms with Crippen molar-refractivity contribution < 1.29 is 4.79 Å². The van der Waals surface area contributed by atoms with E-state index in [0.29, 0.717) is 0 Å². The van der Waals surface area contributed by atoms with E-state index in [1.807, 2.05) is 18.7 Å². The molecule has 0 spiro atoms. The minimum absolute atomic E-state index is 0.225. The summed E-state index contributed by atoms with van der Waals surface area (Å²) in [6, 6.07) is 0. The predicted molar refractivity (Wildman–Crippen MR) is 58.8 cm³/mol. The second-order valence-corrected chi connectivity index (χ2v) is 2.92. The Morgan fingerprint density at radius 1 is 1.15 bits per heavy atom. The molecule has 1 heterocycles. The van der Waals surface area contributed by atoms with E-state index in [9.17, 15) is 4.79 Å². The van der Waals surface area contributed by atoms with Crippen molar-refractivity contribution in [1.29, 1.82) is 0 Å². The van der Waals surface area contributed by atoms with Crippen LogP contribution in [0.3, 0.4) is 0 Å². The van der Waals surface area contributed by atoms with Crippen LogP contribution in [0.1, 0.15) is 53.9 Å². The molecule has 0 aliphatic carbocycles. The van der Waals surface area contributed by atoms with Crippen LogP contribution in [0.4, 0.5) is 0 Å².